The van der Waals surface area contributed by atoms with Crippen LogP contribution in [0, 0.1) is 0 Å². The maximum absolute atomic E-state index is 12.7. The van der Waals surface area contributed by atoms with Gasteiger partial charge in [0.15, 0.2) is 0 Å². The van der Waals surface area contributed by atoms with Crippen molar-refractivity contribution in [3.8, 4) is 0 Å². The largest absolute Gasteiger partial charge is 0.492 e. The predicted octanol–water partition coefficient (Wildman–Crippen LogP) is 4.81. The van der Waals surface area contributed by atoms with Crippen molar-refractivity contribution in [2.75, 3.05) is 23.9 Å². The zero-order chi connectivity index (χ0) is 26.8. The Morgan fingerprint density at radius 3 is 2.49 bits per heavy atom. The molecular weight excluding hydrogens is 533 g/mol. The second-order valence-corrected chi connectivity index (χ2v) is 10.3. The maximum Gasteiger partial charge on any atom is 0.492 e. The van der Waals surface area contributed by atoms with E-state index >= 15 is 0 Å². The van der Waals surface area contributed by atoms with E-state index in [1.165, 1.54) is 36.3 Å². The van der Waals surface area contributed by atoms with E-state index in [2.05, 4.69) is 30.4 Å². The number of rotatable bonds is 8. The van der Waals surface area contributed by atoms with Gasteiger partial charge in [-0.15, -0.1) is 11.8 Å². The van der Waals surface area contributed by atoms with Crippen LogP contribution in [0.1, 0.15) is 0 Å². The Bertz CT molecular complexity index is 1560. The number of alkyl halides is 3. The molecule has 37 heavy (non-hydrogen) atoms. The molecule has 0 aliphatic rings. The summed E-state index contributed by atoms with van der Waals surface area (Å²) in [6, 6.07) is 13.1. The van der Waals surface area contributed by atoms with E-state index in [0.717, 1.165) is 16.6 Å². The average Bonchev–Trinajstić information content (AvgIpc) is 3.31. The van der Waals surface area contributed by atoms with Gasteiger partial charge >= 0.3 is 12.1 Å². The number of nitrogens with one attached hydrogen (secondary N) is 3. The van der Waals surface area contributed by atoms with Gasteiger partial charge in [0.2, 0.25) is 0 Å². The molecule has 2 aromatic carbocycles. The molecule has 15 heteroatoms. The molecule has 0 aliphatic carbocycles. The molecule has 0 atom stereocenters. The molecule has 2 heterocycles. The van der Waals surface area contributed by atoms with Crippen molar-refractivity contribution < 1.29 is 31.2 Å². The van der Waals surface area contributed by atoms with Crippen LogP contribution in [0.3, 0.4) is 0 Å². The van der Waals surface area contributed by atoms with E-state index in [1.54, 1.807) is 12.3 Å². The summed E-state index contributed by atoms with van der Waals surface area (Å²) in [5.41, 5.74) is 2.07. The standard InChI is InChI=1S/C22H19F3N6O4S2/c1-31(35-21(32)22(23,24)25)37(33,34)15-4-6-18(36-2)17(10-15)30-20-11-19(27-12-28-20)29-14-3-5-16-13(9-14)7-8-26-16/h3-12,26H,1-2H3,(H2,27,28,29,30). The number of fused-ring (bicyclic) bond motifs is 1. The number of thioether (sulfide) groups is 1. The predicted molar refractivity (Wildman–Crippen MR) is 132 cm³/mol. The van der Waals surface area contributed by atoms with Gasteiger partial charge < -0.3 is 20.5 Å². The number of hydrogen-bond donors (Lipinski definition) is 3. The fourth-order valence-electron chi connectivity index (χ4n) is 3.22. The quantitative estimate of drug-likeness (QED) is 0.208. The van der Waals surface area contributed by atoms with Gasteiger partial charge in [0.1, 0.15) is 18.0 Å². The molecule has 0 radical (unpaired) electrons. The molecule has 194 valence electrons. The van der Waals surface area contributed by atoms with E-state index in [1.807, 2.05) is 30.5 Å². The number of hydroxylamine groups is 1. The molecule has 4 rings (SSSR count). The molecule has 10 nitrogen and oxygen atoms in total. The lowest BCUT2D eigenvalue weighted by molar-refractivity contribution is -0.219. The minimum Gasteiger partial charge on any atom is -0.361 e. The third kappa shape index (κ3) is 5.95. The Hall–Kier alpha value is -3.82. The van der Waals surface area contributed by atoms with Crippen LogP contribution >= 0.6 is 11.8 Å². The highest BCUT2D eigenvalue weighted by molar-refractivity contribution is 7.98. The van der Waals surface area contributed by atoms with Gasteiger partial charge in [0.05, 0.1) is 10.6 Å². The van der Waals surface area contributed by atoms with E-state index in [9.17, 15) is 26.4 Å². The zero-order valence-electron chi connectivity index (χ0n) is 19.2. The first-order valence-electron chi connectivity index (χ1n) is 10.4. The summed E-state index contributed by atoms with van der Waals surface area (Å²) in [6.07, 6.45) is -0.457. The molecule has 0 spiro atoms. The van der Waals surface area contributed by atoms with Crippen molar-refractivity contribution in [2.45, 2.75) is 16.0 Å². The summed E-state index contributed by atoms with van der Waals surface area (Å²) in [6.45, 7) is 0. The van der Waals surface area contributed by atoms with Gasteiger partial charge in [-0.05, 0) is 53.2 Å². The minimum atomic E-state index is -5.36. The van der Waals surface area contributed by atoms with Crippen LogP contribution in [0.4, 0.5) is 36.2 Å². The molecule has 0 fully saturated rings. The maximum atomic E-state index is 12.7. The van der Waals surface area contributed by atoms with Gasteiger partial charge in [-0.3, -0.25) is 0 Å². The normalized spacial score (nSPS) is 12.1. The van der Waals surface area contributed by atoms with Crippen molar-refractivity contribution in [2.24, 2.45) is 0 Å². The number of sulfonamides is 1. The second kappa shape index (κ2) is 10.3. The van der Waals surface area contributed by atoms with Crippen molar-refractivity contribution >= 4 is 61.7 Å². The van der Waals surface area contributed by atoms with Crippen LogP contribution in [0.25, 0.3) is 10.9 Å². The van der Waals surface area contributed by atoms with E-state index in [-0.39, 0.29) is 4.47 Å². The number of nitrogens with zero attached hydrogens (tertiary/aromatic N) is 3. The first-order chi connectivity index (χ1) is 17.5. The van der Waals surface area contributed by atoms with Crippen LogP contribution in [0.15, 0.2) is 70.8 Å². The Labute approximate surface area is 213 Å². The van der Waals surface area contributed by atoms with E-state index in [0.29, 0.717) is 29.3 Å². The molecule has 0 bridgehead atoms. The molecule has 4 aromatic rings. The van der Waals surface area contributed by atoms with Gasteiger partial charge in [-0.2, -0.15) is 13.2 Å². The first kappa shape index (κ1) is 26.2. The van der Waals surface area contributed by atoms with Crippen LogP contribution < -0.4 is 10.6 Å². The van der Waals surface area contributed by atoms with Gasteiger partial charge in [-0.1, -0.05) is 0 Å². The number of aromatic nitrogens is 3. The Kier molecular flexibility index (Phi) is 7.29. The van der Waals surface area contributed by atoms with Crippen molar-refractivity contribution in [3.05, 3.63) is 61.1 Å². The molecule has 0 unspecified atom stereocenters. The van der Waals surface area contributed by atoms with Gasteiger partial charge in [0.25, 0.3) is 10.0 Å². The molecule has 0 aliphatic heterocycles. The van der Waals surface area contributed by atoms with Crippen LogP contribution in [0.2, 0.25) is 0 Å². The Balaban J connectivity index is 1.57. The van der Waals surface area contributed by atoms with E-state index in [4.69, 9.17) is 0 Å². The third-order valence-corrected chi connectivity index (χ3v) is 7.40. The van der Waals surface area contributed by atoms with E-state index < -0.39 is 27.1 Å². The van der Waals surface area contributed by atoms with Crippen LogP contribution in [0.5, 0.6) is 0 Å². The molecule has 2 aromatic heterocycles. The number of anilines is 4. The lowest BCUT2D eigenvalue weighted by Crippen LogP contribution is -2.36. The highest BCUT2D eigenvalue weighted by atomic mass is 32.2. The third-order valence-electron chi connectivity index (χ3n) is 5.01. The lowest BCUT2D eigenvalue weighted by Gasteiger charge is -2.18. The molecule has 3 N–H and O–H groups in total. The number of aromatic amines is 1. The second-order valence-electron chi connectivity index (χ2n) is 7.47. The highest BCUT2D eigenvalue weighted by Crippen LogP contribution is 2.32. The zero-order valence-corrected chi connectivity index (χ0v) is 20.8. The summed E-state index contributed by atoms with van der Waals surface area (Å²) in [7, 11) is -3.91. The fourth-order valence-corrected chi connectivity index (χ4v) is 4.73. The summed E-state index contributed by atoms with van der Waals surface area (Å²) in [5.74, 6) is -1.88. The molecule has 0 amide bonds. The van der Waals surface area contributed by atoms with Crippen molar-refractivity contribution in [3.63, 3.8) is 0 Å². The number of H-pyrrole nitrogens is 1. The van der Waals surface area contributed by atoms with Gasteiger partial charge in [-0.25, -0.2) is 23.2 Å². The molecule has 0 saturated heterocycles. The first-order valence-corrected chi connectivity index (χ1v) is 13.0. The SMILES string of the molecule is CSc1ccc(S(=O)(=O)N(C)OC(=O)C(F)(F)F)cc1Nc1cc(Nc2ccc3[nH]ccc3c2)ncn1. The average molecular weight is 553 g/mol. The number of carbonyl (C=O) groups excluding carboxylic acids is 1. The summed E-state index contributed by atoms with van der Waals surface area (Å²) < 4.78 is 62.9. The minimum absolute atomic E-state index is 0.130. The van der Waals surface area contributed by atoms with Crippen molar-refractivity contribution in [1.82, 2.24) is 19.4 Å². The topological polar surface area (TPSA) is 129 Å². The summed E-state index contributed by atoms with van der Waals surface area (Å²) >= 11 is 1.30. The fraction of sp³-hybridized carbons (Fsp3) is 0.136. The van der Waals surface area contributed by atoms with Crippen LogP contribution in [-0.2, 0) is 19.7 Å². The number of halogens is 3. The molecular formula is C22H19F3N6O4S2. The van der Waals surface area contributed by atoms with Crippen molar-refractivity contribution in [1.29, 1.82) is 0 Å². The van der Waals surface area contributed by atoms with Crippen LogP contribution in [-0.4, -0.2) is 53.3 Å². The Morgan fingerprint density at radius 2 is 1.78 bits per heavy atom. The number of carbonyl (C=O) groups is 1. The summed E-state index contributed by atoms with van der Waals surface area (Å²) in [4.78, 5) is 26.7. The molecule has 0 saturated carbocycles. The smallest absolute Gasteiger partial charge is 0.361 e. The Morgan fingerprint density at radius 1 is 1.05 bits per heavy atom. The summed E-state index contributed by atoms with van der Waals surface area (Å²) in [5, 5.41) is 7.18. The lowest BCUT2D eigenvalue weighted by atomic mass is 10.2. The highest BCUT2D eigenvalue weighted by Gasteiger charge is 2.43. The number of benzene rings is 2. The number of hydrogen-bond acceptors (Lipinski definition) is 9. The van der Waals surface area contributed by atoms with Gasteiger partial charge in [0, 0.05) is 40.8 Å². The monoisotopic (exact) mass is 552 g/mol.